The molecule has 0 atom stereocenters. The summed E-state index contributed by atoms with van der Waals surface area (Å²) in [5.41, 5.74) is 8.27. The van der Waals surface area contributed by atoms with Crippen molar-refractivity contribution in [3.05, 3.63) is 140 Å². The third-order valence-corrected chi connectivity index (χ3v) is 7.64. The highest BCUT2D eigenvalue weighted by molar-refractivity contribution is 6.18. The first-order valence-electron chi connectivity index (χ1n) is 12.9. The number of aromatic nitrogens is 3. The van der Waals surface area contributed by atoms with Crippen LogP contribution in [-0.4, -0.2) is 14.1 Å². The number of fused-ring (bicyclic) bond motifs is 6. The van der Waals surface area contributed by atoms with Crippen LogP contribution in [0, 0.1) is 0 Å². The lowest BCUT2D eigenvalue weighted by Crippen LogP contribution is -1.94. The molecule has 178 valence electrons. The van der Waals surface area contributed by atoms with Gasteiger partial charge in [-0.2, -0.15) is 0 Å². The van der Waals surface area contributed by atoms with Crippen LogP contribution in [0.25, 0.3) is 66.0 Å². The Balaban J connectivity index is 1.36. The highest BCUT2D eigenvalue weighted by atomic mass is 15.0. The van der Waals surface area contributed by atoms with Gasteiger partial charge in [0.2, 0.25) is 0 Å². The van der Waals surface area contributed by atoms with E-state index in [1.165, 1.54) is 54.7 Å². The summed E-state index contributed by atoms with van der Waals surface area (Å²) < 4.78 is 4.66. The lowest BCUT2D eigenvalue weighted by molar-refractivity contribution is 1.13. The van der Waals surface area contributed by atoms with E-state index in [2.05, 4.69) is 136 Å². The molecule has 0 spiro atoms. The summed E-state index contributed by atoms with van der Waals surface area (Å²) in [5, 5.41) is 6.32. The molecule has 0 saturated heterocycles. The first-order valence-corrected chi connectivity index (χ1v) is 12.9. The smallest absolute Gasteiger partial charge is 0.0547 e. The van der Waals surface area contributed by atoms with Crippen LogP contribution in [0.5, 0.6) is 0 Å². The van der Waals surface area contributed by atoms with Crippen molar-refractivity contribution in [2.75, 3.05) is 0 Å². The molecule has 3 heterocycles. The van der Waals surface area contributed by atoms with Crippen molar-refractivity contribution >= 4 is 43.5 Å². The predicted octanol–water partition coefficient (Wildman–Crippen LogP) is 8.94. The molecular formula is C35H23N3. The van der Waals surface area contributed by atoms with Crippen LogP contribution in [0.15, 0.2) is 140 Å². The summed E-state index contributed by atoms with van der Waals surface area (Å²) in [4.78, 5) is 4.28. The Hall–Kier alpha value is -5.15. The molecule has 8 aromatic rings. The molecule has 0 saturated carbocycles. The Morgan fingerprint density at radius 2 is 1.29 bits per heavy atom. The van der Waals surface area contributed by atoms with E-state index in [1.807, 2.05) is 18.5 Å². The minimum absolute atomic E-state index is 1.12. The van der Waals surface area contributed by atoms with Crippen molar-refractivity contribution < 1.29 is 0 Å². The summed E-state index contributed by atoms with van der Waals surface area (Å²) in [6.07, 6.45) is 5.90. The van der Waals surface area contributed by atoms with Crippen LogP contribution in [0.4, 0.5) is 0 Å². The zero-order chi connectivity index (χ0) is 25.1. The van der Waals surface area contributed by atoms with E-state index < -0.39 is 0 Å². The lowest BCUT2D eigenvalue weighted by Gasteiger charge is -2.10. The SMILES string of the molecule is c1ccc(-n2ccc3c4cc5c6ccccc6n(-c6ccc(-c7cccnc7)cc6)c5cc4ccc32)cc1. The van der Waals surface area contributed by atoms with E-state index >= 15 is 0 Å². The van der Waals surface area contributed by atoms with Crippen LogP contribution in [-0.2, 0) is 0 Å². The zero-order valence-corrected chi connectivity index (χ0v) is 20.6. The van der Waals surface area contributed by atoms with E-state index in [0.717, 1.165) is 11.3 Å². The van der Waals surface area contributed by atoms with Gasteiger partial charge in [-0.1, -0.05) is 60.7 Å². The van der Waals surface area contributed by atoms with Gasteiger partial charge in [-0.05, 0) is 82.6 Å². The molecule has 0 aliphatic rings. The maximum Gasteiger partial charge on any atom is 0.0547 e. The normalized spacial score (nSPS) is 11.7. The average Bonchev–Trinajstić information content (AvgIpc) is 3.57. The molecule has 0 amide bonds. The predicted molar refractivity (Wildman–Crippen MR) is 158 cm³/mol. The number of pyridine rings is 1. The molecule has 0 aliphatic heterocycles. The fraction of sp³-hybridized carbons (Fsp3) is 0. The molecule has 0 N–H and O–H groups in total. The second-order valence-corrected chi connectivity index (χ2v) is 9.75. The standard InChI is InChI=1S/C35H23N3/c1-2-8-27(9-3-1)37-20-18-30-31-22-32-29-10-4-5-11-34(29)38(35(32)21-25(31)14-17-33(30)37)28-15-12-24(13-16-28)26-7-6-19-36-23-26/h1-23H. The van der Waals surface area contributed by atoms with Crippen molar-refractivity contribution in [2.45, 2.75) is 0 Å². The second kappa shape index (κ2) is 8.19. The molecule has 0 bridgehead atoms. The van der Waals surface area contributed by atoms with Gasteiger partial charge in [0, 0.05) is 46.1 Å². The molecule has 3 aromatic heterocycles. The van der Waals surface area contributed by atoms with Crippen molar-refractivity contribution in [1.82, 2.24) is 14.1 Å². The van der Waals surface area contributed by atoms with Gasteiger partial charge in [0.05, 0.1) is 16.6 Å². The first kappa shape index (κ1) is 21.0. The molecule has 0 radical (unpaired) electrons. The van der Waals surface area contributed by atoms with Gasteiger partial charge in [-0.25, -0.2) is 0 Å². The minimum Gasteiger partial charge on any atom is -0.317 e. The largest absolute Gasteiger partial charge is 0.317 e. The molecule has 3 nitrogen and oxygen atoms in total. The number of hydrogen-bond acceptors (Lipinski definition) is 1. The van der Waals surface area contributed by atoms with Gasteiger partial charge in [-0.15, -0.1) is 0 Å². The number of hydrogen-bond donors (Lipinski definition) is 0. The Bertz CT molecular complexity index is 2100. The topological polar surface area (TPSA) is 22.8 Å². The van der Waals surface area contributed by atoms with Crippen LogP contribution >= 0.6 is 0 Å². The van der Waals surface area contributed by atoms with Gasteiger partial charge in [-0.3, -0.25) is 4.98 Å². The fourth-order valence-corrected chi connectivity index (χ4v) is 5.84. The molecule has 0 aliphatic carbocycles. The molecule has 0 fully saturated rings. The second-order valence-electron chi connectivity index (χ2n) is 9.75. The Labute approximate surface area is 219 Å². The lowest BCUT2D eigenvalue weighted by atomic mass is 10.0. The van der Waals surface area contributed by atoms with E-state index in [1.54, 1.807) is 0 Å². The van der Waals surface area contributed by atoms with Crippen molar-refractivity contribution in [1.29, 1.82) is 0 Å². The average molecular weight is 486 g/mol. The summed E-state index contributed by atoms with van der Waals surface area (Å²) in [5.74, 6) is 0. The number of nitrogens with zero attached hydrogens (tertiary/aromatic N) is 3. The summed E-state index contributed by atoms with van der Waals surface area (Å²) >= 11 is 0. The minimum atomic E-state index is 1.12. The molecule has 38 heavy (non-hydrogen) atoms. The van der Waals surface area contributed by atoms with Gasteiger partial charge in [0.15, 0.2) is 0 Å². The third-order valence-electron chi connectivity index (χ3n) is 7.64. The van der Waals surface area contributed by atoms with E-state index in [0.29, 0.717) is 0 Å². The Morgan fingerprint density at radius 3 is 2.13 bits per heavy atom. The highest BCUT2D eigenvalue weighted by Gasteiger charge is 2.15. The van der Waals surface area contributed by atoms with Gasteiger partial charge >= 0.3 is 0 Å². The summed E-state index contributed by atoms with van der Waals surface area (Å²) in [6, 6.07) is 43.6. The van der Waals surface area contributed by atoms with Crippen LogP contribution < -0.4 is 0 Å². The molecule has 3 heteroatoms. The first-order chi connectivity index (χ1) is 18.8. The highest BCUT2D eigenvalue weighted by Crippen LogP contribution is 2.37. The van der Waals surface area contributed by atoms with Crippen LogP contribution in [0.2, 0.25) is 0 Å². The van der Waals surface area contributed by atoms with Crippen molar-refractivity contribution in [3.63, 3.8) is 0 Å². The maximum absolute atomic E-state index is 4.28. The van der Waals surface area contributed by atoms with Crippen LogP contribution in [0.1, 0.15) is 0 Å². The van der Waals surface area contributed by atoms with E-state index in [9.17, 15) is 0 Å². The van der Waals surface area contributed by atoms with Crippen molar-refractivity contribution in [2.24, 2.45) is 0 Å². The number of benzene rings is 5. The van der Waals surface area contributed by atoms with Crippen LogP contribution in [0.3, 0.4) is 0 Å². The Morgan fingerprint density at radius 1 is 0.474 bits per heavy atom. The third kappa shape index (κ3) is 3.12. The summed E-state index contributed by atoms with van der Waals surface area (Å²) in [7, 11) is 0. The van der Waals surface area contributed by atoms with Gasteiger partial charge in [0.25, 0.3) is 0 Å². The van der Waals surface area contributed by atoms with Gasteiger partial charge < -0.3 is 9.13 Å². The number of para-hydroxylation sites is 2. The fourth-order valence-electron chi connectivity index (χ4n) is 5.84. The van der Waals surface area contributed by atoms with E-state index in [-0.39, 0.29) is 0 Å². The zero-order valence-electron chi connectivity index (χ0n) is 20.6. The van der Waals surface area contributed by atoms with Crippen molar-refractivity contribution in [3.8, 4) is 22.5 Å². The Kier molecular flexibility index (Phi) is 4.52. The number of rotatable bonds is 3. The molecule has 0 unspecified atom stereocenters. The molecular weight excluding hydrogens is 462 g/mol. The molecule has 8 rings (SSSR count). The summed E-state index contributed by atoms with van der Waals surface area (Å²) in [6.45, 7) is 0. The monoisotopic (exact) mass is 485 g/mol. The van der Waals surface area contributed by atoms with E-state index in [4.69, 9.17) is 0 Å². The molecule has 5 aromatic carbocycles. The quantitative estimate of drug-likeness (QED) is 0.245. The maximum atomic E-state index is 4.28. The van der Waals surface area contributed by atoms with Gasteiger partial charge in [0.1, 0.15) is 0 Å².